The molecule has 2 atom stereocenters. The number of carboxylic acids is 1. The van der Waals surface area contributed by atoms with Gasteiger partial charge in [-0.15, -0.1) is 0 Å². The van der Waals surface area contributed by atoms with Gasteiger partial charge in [0, 0.05) is 30.3 Å². The number of piperidine rings is 1. The average Bonchev–Trinajstić information content (AvgIpc) is 2.69. The molecule has 0 radical (unpaired) electrons. The van der Waals surface area contributed by atoms with Gasteiger partial charge in [-0.1, -0.05) is 0 Å². The number of nitrogens with zero attached hydrogens (tertiary/aromatic N) is 3. The van der Waals surface area contributed by atoms with Crippen molar-refractivity contribution in [2.75, 3.05) is 12.0 Å². The Bertz CT molecular complexity index is 535. The van der Waals surface area contributed by atoms with Crippen LogP contribution >= 0.6 is 0 Å². The molecule has 2 aliphatic rings. The molecule has 2 saturated heterocycles. The van der Waals surface area contributed by atoms with Gasteiger partial charge in [-0.05, 0) is 38.5 Å². The number of aryl methyl sites for hydroxylation is 1. The van der Waals surface area contributed by atoms with E-state index in [0.717, 1.165) is 37.3 Å². The molecular weight excluding hydrogens is 270 g/mol. The number of methoxy groups -OCH3 is 1. The number of fused-ring (bicyclic) bond motifs is 2. The number of hydrogen-bond acceptors (Lipinski definition) is 5. The SMILES string of the molecule is COc1cc(C)nc(N2C3CCC2CC(CC(=O)O)C3)n1. The van der Waals surface area contributed by atoms with Gasteiger partial charge in [0.15, 0.2) is 0 Å². The largest absolute Gasteiger partial charge is 0.481 e. The summed E-state index contributed by atoms with van der Waals surface area (Å²) in [5.41, 5.74) is 0.893. The van der Waals surface area contributed by atoms with Crippen molar-refractivity contribution < 1.29 is 14.6 Å². The highest BCUT2D eigenvalue weighted by Crippen LogP contribution is 2.41. The van der Waals surface area contributed by atoms with E-state index in [1.807, 2.05) is 13.0 Å². The number of rotatable bonds is 4. The lowest BCUT2D eigenvalue weighted by molar-refractivity contribution is -0.138. The second-order valence-corrected chi connectivity index (χ2v) is 6.08. The molecule has 1 N–H and O–H groups in total. The minimum absolute atomic E-state index is 0.277. The second-order valence-electron chi connectivity index (χ2n) is 6.08. The van der Waals surface area contributed by atoms with E-state index < -0.39 is 5.97 Å². The zero-order valence-electron chi connectivity index (χ0n) is 12.5. The Morgan fingerprint density at radius 2 is 2.05 bits per heavy atom. The van der Waals surface area contributed by atoms with Crippen molar-refractivity contribution in [2.24, 2.45) is 5.92 Å². The molecule has 114 valence electrons. The third kappa shape index (κ3) is 2.80. The van der Waals surface area contributed by atoms with Gasteiger partial charge in [0.05, 0.1) is 7.11 Å². The third-order valence-electron chi connectivity index (χ3n) is 4.55. The topological polar surface area (TPSA) is 75.5 Å². The van der Waals surface area contributed by atoms with E-state index in [-0.39, 0.29) is 12.3 Å². The van der Waals surface area contributed by atoms with E-state index in [0.29, 0.717) is 18.0 Å². The van der Waals surface area contributed by atoms with Gasteiger partial charge >= 0.3 is 5.97 Å². The fourth-order valence-corrected chi connectivity index (χ4v) is 3.77. The van der Waals surface area contributed by atoms with Crippen LogP contribution < -0.4 is 9.64 Å². The van der Waals surface area contributed by atoms with Crippen molar-refractivity contribution >= 4 is 11.9 Å². The van der Waals surface area contributed by atoms with Crippen LogP contribution in [-0.4, -0.2) is 40.2 Å². The monoisotopic (exact) mass is 291 g/mol. The Kier molecular flexibility index (Phi) is 3.69. The molecule has 2 bridgehead atoms. The van der Waals surface area contributed by atoms with Crippen molar-refractivity contribution in [2.45, 2.75) is 51.1 Å². The highest BCUT2D eigenvalue weighted by atomic mass is 16.5. The van der Waals surface area contributed by atoms with Crippen molar-refractivity contribution in [3.05, 3.63) is 11.8 Å². The Morgan fingerprint density at radius 3 is 2.62 bits per heavy atom. The fraction of sp³-hybridized carbons (Fsp3) is 0.667. The predicted molar refractivity (Wildman–Crippen MR) is 77.6 cm³/mol. The second kappa shape index (κ2) is 5.50. The molecule has 6 heteroatoms. The first-order valence-electron chi connectivity index (χ1n) is 7.46. The van der Waals surface area contributed by atoms with Crippen LogP contribution in [0.1, 0.15) is 37.8 Å². The van der Waals surface area contributed by atoms with Crippen LogP contribution in [0.3, 0.4) is 0 Å². The maximum Gasteiger partial charge on any atom is 0.303 e. The highest BCUT2D eigenvalue weighted by Gasteiger charge is 2.42. The molecule has 21 heavy (non-hydrogen) atoms. The van der Waals surface area contributed by atoms with E-state index >= 15 is 0 Å². The van der Waals surface area contributed by atoms with Crippen molar-refractivity contribution in [3.8, 4) is 5.88 Å². The Hall–Kier alpha value is -1.85. The van der Waals surface area contributed by atoms with Crippen LogP contribution in [0.2, 0.25) is 0 Å². The smallest absolute Gasteiger partial charge is 0.303 e. The molecule has 2 fully saturated rings. The molecule has 3 rings (SSSR count). The van der Waals surface area contributed by atoms with Crippen LogP contribution in [0, 0.1) is 12.8 Å². The Morgan fingerprint density at radius 1 is 1.38 bits per heavy atom. The molecule has 3 heterocycles. The molecule has 1 aromatic rings. The van der Waals surface area contributed by atoms with Gasteiger partial charge in [-0.3, -0.25) is 4.79 Å². The molecule has 0 aromatic carbocycles. The first-order chi connectivity index (χ1) is 10.1. The van der Waals surface area contributed by atoms with Crippen LogP contribution in [0.15, 0.2) is 6.07 Å². The predicted octanol–water partition coefficient (Wildman–Crippen LogP) is 2.02. The number of ether oxygens (including phenoxy) is 1. The van der Waals surface area contributed by atoms with Gasteiger partial charge < -0.3 is 14.7 Å². The summed E-state index contributed by atoms with van der Waals surface area (Å²) in [6.07, 6.45) is 4.31. The van der Waals surface area contributed by atoms with Crippen LogP contribution in [0.4, 0.5) is 5.95 Å². The van der Waals surface area contributed by atoms with Crippen molar-refractivity contribution in [1.29, 1.82) is 0 Å². The summed E-state index contributed by atoms with van der Waals surface area (Å²) < 4.78 is 5.24. The van der Waals surface area contributed by atoms with Crippen LogP contribution in [-0.2, 0) is 4.79 Å². The molecule has 1 aromatic heterocycles. The maximum absolute atomic E-state index is 10.9. The van der Waals surface area contributed by atoms with Gasteiger partial charge in [-0.25, -0.2) is 4.98 Å². The first kappa shape index (κ1) is 14.1. The lowest BCUT2D eigenvalue weighted by Crippen LogP contribution is -2.44. The number of anilines is 1. The summed E-state index contributed by atoms with van der Waals surface area (Å²) in [5, 5.41) is 8.99. The van der Waals surface area contributed by atoms with Gasteiger partial charge in [0.2, 0.25) is 11.8 Å². The number of hydrogen-bond donors (Lipinski definition) is 1. The van der Waals surface area contributed by atoms with Crippen molar-refractivity contribution in [1.82, 2.24) is 9.97 Å². The molecule has 2 aliphatic heterocycles. The molecule has 0 saturated carbocycles. The van der Waals surface area contributed by atoms with Crippen LogP contribution in [0.25, 0.3) is 0 Å². The molecule has 0 aliphatic carbocycles. The lowest BCUT2D eigenvalue weighted by atomic mass is 9.88. The summed E-state index contributed by atoms with van der Waals surface area (Å²) in [6.45, 7) is 1.94. The van der Waals surface area contributed by atoms with Gasteiger partial charge in [0.1, 0.15) is 0 Å². The summed E-state index contributed by atoms with van der Waals surface area (Å²) in [7, 11) is 1.61. The number of aromatic nitrogens is 2. The van der Waals surface area contributed by atoms with E-state index in [4.69, 9.17) is 9.84 Å². The quantitative estimate of drug-likeness (QED) is 0.914. The van der Waals surface area contributed by atoms with Crippen molar-refractivity contribution in [3.63, 3.8) is 0 Å². The highest BCUT2D eigenvalue weighted by molar-refractivity contribution is 5.67. The first-order valence-corrected chi connectivity index (χ1v) is 7.46. The average molecular weight is 291 g/mol. The third-order valence-corrected chi connectivity index (χ3v) is 4.55. The number of carboxylic acid groups (broad SMARTS) is 1. The van der Waals surface area contributed by atoms with E-state index in [1.54, 1.807) is 7.11 Å². The van der Waals surface area contributed by atoms with E-state index in [2.05, 4.69) is 14.9 Å². The molecule has 0 spiro atoms. The Balaban J connectivity index is 1.82. The van der Waals surface area contributed by atoms with Crippen LogP contribution in [0.5, 0.6) is 5.88 Å². The normalized spacial score (nSPS) is 27.7. The summed E-state index contributed by atoms with van der Waals surface area (Å²) in [4.78, 5) is 22.2. The molecule has 0 amide bonds. The van der Waals surface area contributed by atoms with Gasteiger partial charge in [-0.2, -0.15) is 4.98 Å². The minimum atomic E-state index is -0.693. The van der Waals surface area contributed by atoms with Gasteiger partial charge in [0.25, 0.3) is 0 Å². The molecular formula is C15H21N3O3. The number of carbonyl (C=O) groups is 1. The lowest BCUT2D eigenvalue weighted by Gasteiger charge is -2.38. The number of aliphatic carboxylic acids is 1. The standard InChI is InChI=1S/C15H21N3O3/c1-9-5-13(21-2)17-15(16-9)18-11-3-4-12(18)7-10(6-11)8-14(19)20/h5,10-12H,3-4,6-8H2,1-2H3,(H,19,20). The van der Waals surface area contributed by atoms with E-state index in [1.165, 1.54) is 0 Å². The van der Waals surface area contributed by atoms with E-state index in [9.17, 15) is 4.79 Å². The zero-order chi connectivity index (χ0) is 15.0. The molecule has 6 nitrogen and oxygen atoms in total. The summed E-state index contributed by atoms with van der Waals surface area (Å²) in [6, 6.07) is 2.54. The molecule has 2 unspecified atom stereocenters. The Labute approximate surface area is 124 Å². The fourth-order valence-electron chi connectivity index (χ4n) is 3.77. The minimum Gasteiger partial charge on any atom is -0.481 e. The maximum atomic E-state index is 10.9. The summed E-state index contributed by atoms with van der Waals surface area (Å²) in [5.74, 6) is 0.905. The summed E-state index contributed by atoms with van der Waals surface area (Å²) >= 11 is 0. The zero-order valence-corrected chi connectivity index (χ0v) is 12.5.